The van der Waals surface area contributed by atoms with Gasteiger partial charge in [-0.3, -0.25) is 14.2 Å². The SMILES string of the molecule is O=C(CSc1nccn1-c1ccc(C(=O)NCc2cccs2)cc1)c1ccc2c(c1)OCO2. The monoisotopic (exact) mass is 477 g/mol. The Labute approximate surface area is 198 Å². The van der Waals surface area contributed by atoms with Crippen molar-refractivity contribution in [2.75, 3.05) is 12.5 Å². The predicted molar refractivity (Wildman–Crippen MR) is 127 cm³/mol. The van der Waals surface area contributed by atoms with Crippen molar-refractivity contribution in [1.82, 2.24) is 14.9 Å². The number of Topliss-reactive ketones (excluding diaryl/α,β-unsaturated/α-hetero) is 1. The summed E-state index contributed by atoms with van der Waals surface area (Å²) in [6, 6.07) is 16.5. The van der Waals surface area contributed by atoms with Gasteiger partial charge in [-0.05, 0) is 53.9 Å². The number of nitrogens with one attached hydrogen (secondary N) is 1. The Hall–Kier alpha value is -3.56. The normalized spacial score (nSPS) is 12.0. The van der Waals surface area contributed by atoms with Crippen LogP contribution in [0.4, 0.5) is 0 Å². The Morgan fingerprint density at radius 1 is 1.06 bits per heavy atom. The first kappa shape index (κ1) is 21.3. The maximum atomic E-state index is 12.7. The van der Waals surface area contributed by atoms with E-state index in [2.05, 4.69) is 10.3 Å². The van der Waals surface area contributed by atoms with Gasteiger partial charge in [0, 0.05) is 34.1 Å². The van der Waals surface area contributed by atoms with Crippen LogP contribution in [0.5, 0.6) is 11.5 Å². The Morgan fingerprint density at radius 2 is 1.88 bits per heavy atom. The van der Waals surface area contributed by atoms with E-state index in [1.54, 1.807) is 47.9 Å². The number of carbonyl (C=O) groups excluding carboxylic acids is 2. The molecule has 2 aromatic carbocycles. The molecule has 0 aliphatic carbocycles. The van der Waals surface area contributed by atoms with Crippen LogP contribution >= 0.6 is 23.1 Å². The molecular weight excluding hydrogens is 458 g/mol. The van der Waals surface area contributed by atoms with Crippen molar-refractivity contribution < 1.29 is 19.1 Å². The van der Waals surface area contributed by atoms with Crippen LogP contribution < -0.4 is 14.8 Å². The lowest BCUT2D eigenvalue weighted by Crippen LogP contribution is -2.22. The summed E-state index contributed by atoms with van der Waals surface area (Å²) in [6.07, 6.45) is 3.52. The zero-order valence-electron chi connectivity index (χ0n) is 17.4. The molecule has 2 aromatic heterocycles. The highest BCUT2D eigenvalue weighted by Crippen LogP contribution is 2.33. The van der Waals surface area contributed by atoms with Crippen LogP contribution in [0.1, 0.15) is 25.6 Å². The number of ether oxygens (including phenoxy) is 2. The third kappa shape index (κ3) is 4.79. The van der Waals surface area contributed by atoms with E-state index in [1.165, 1.54) is 11.8 Å². The first-order chi connectivity index (χ1) is 16.2. The molecule has 33 heavy (non-hydrogen) atoms. The van der Waals surface area contributed by atoms with Crippen molar-refractivity contribution in [2.45, 2.75) is 11.7 Å². The number of carbonyl (C=O) groups is 2. The number of aromatic nitrogens is 2. The first-order valence-electron chi connectivity index (χ1n) is 10.2. The van der Waals surface area contributed by atoms with E-state index >= 15 is 0 Å². The lowest BCUT2D eigenvalue weighted by molar-refractivity contribution is 0.0950. The van der Waals surface area contributed by atoms with E-state index in [9.17, 15) is 9.59 Å². The number of imidazole rings is 1. The molecule has 0 radical (unpaired) electrons. The number of thioether (sulfide) groups is 1. The molecule has 7 nitrogen and oxygen atoms in total. The molecule has 1 amide bonds. The second-order valence-electron chi connectivity index (χ2n) is 7.17. The molecular formula is C24H19N3O4S2. The van der Waals surface area contributed by atoms with E-state index in [0.29, 0.717) is 34.3 Å². The van der Waals surface area contributed by atoms with Gasteiger partial charge in [0.15, 0.2) is 22.4 Å². The van der Waals surface area contributed by atoms with Gasteiger partial charge in [0.25, 0.3) is 5.91 Å². The Balaban J connectivity index is 1.22. The van der Waals surface area contributed by atoms with Crippen LogP contribution in [-0.2, 0) is 6.54 Å². The zero-order chi connectivity index (χ0) is 22.6. The summed E-state index contributed by atoms with van der Waals surface area (Å²) >= 11 is 2.96. The van der Waals surface area contributed by atoms with Crippen LogP contribution in [0.3, 0.4) is 0 Å². The number of nitrogens with zero attached hydrogens (tertiary/aromatic N) is 2. The summed E-state index contributed by atoms with van der Waals surface area (Å²) in [4.78, 5) is 30.5. The zero-order valence-corrected chi connectivity index (χ0v) is 19.0. The van der Waals surface area contributed by atoms with Crippen molar-refractivity contribution in [1.29, 1.82) is 0 Å². The fourth-order valence-corrected chi connectivity index (χ4v) is 4.84. The van der Waals surface area contributed by atoms with Crippen LogP contribution in [0.25, 0.3) is 5.69 Å². The Bertz CT molecular complexity index is 1280. The fourth-order valence-electron chi connectivity index (χ4n) is 3.33. The fraction of sp³-hybridized carbons (Fsp3) is 0.125. The highest BCUT2D eigenvalue weighted by molar-refractivity contribution is 7.99. The summed E-state index contributed by atoms with van der Waals surface area (Å²) in [5, 5.41) is 5.60. The van der Waals surface area contributed by atoms with Gasteiger partial charge in [-0.25, -0.2) is 4.98 Å². The molecule has 0 atom stereocenters. The summed E-state index contributed by atoms with van der Waals surface area (Å²) in [5.41, 5.74) is 2.02. The predicted octanol–water partition coefficient (Wildman–Crippen LogP) is 4.57. The molecule has 166 valence electrons. The number of amides is 1. The minimum absolute atomic E-state index is 0.0226. The number of benzene rings is 2. The van der Waals surface area contributed by atoms with E-state index < -0.39 is 0 Å². The quantitative estimate of drug-likeness (QED) is 0.296. The van der Waals surface area contributed by atoms with Gasteiger partial charge in [-0.2, -0.15) is 0 Å². The third-order valence-corrected chi connectivity index (χ3v) is 6.89. The molecule has 4 aromatic rings. The number of hydrogen-bond acceptors (Lipinski definition) is 7. The van der Waals surface area contributed by atoms with Crippen LogP contribution in [0, 0.1) is 0 Å². The van der Waals surface area contributed by atoms with E-state index in [0.717, 1.165) is 10.6 Å². The van der Waals surface area contributed by atoms with Gasteiger partial charge in [0.2, 0.25) is 6.79 Å². The molecule has 0 bridgehead atoms. The molecule has 0 saturated heterocycles. The standard InChI is InChI=1S/C24H19N3O4S2/c28-20(17-5-8-21-22(12-17)31-15-30-21)14-33-24-25-9-10-27(24)18-6-3-16(4-7-18)23(29)26-13-19-2-1-11-32-19/h1-12H,13-15H2,(H,26,29). The van der Waals surface area contributed by atoms with Crippen LogP contribution in [-0.4, -0.2) is 33.8 Å². The average molecular weight is 478 g/mol. The van der Waals surface area contributed by atoms with Gasteiger partial charge < -0.3 is 14.8 Å². The second kappa shape index (κ2) is 9.51. The molecule has 9 heteroatoms. The lowest BCUT2D eigenvalue weighted by Gasteiger charge is -2.09. The van der Waals surface area contributed by atoms with Crippen LogP contribution in [0.2, 0.25) is 0 Å². The number of thiophene rings is 1. The number of hydrogen-bond donors (Lipinski definition) is 1. The smallest absolute Gasteiger partial charge is 0.251 e. The maximum Gasteiger partial charge on any atom is 0.251 e. The highest BCUT2D eigenvalue weighted by Gasteiger charge is 2.17. The van der Waals surface area contributed by atoms with E-state index in [4.69, 9.17) is 9.47 Å². The number of ketones is 1. The van der Waals surface area contributed by atoms with Crippen molar-refractivity contribution in [3.05, 3.63) is 88.4 Å². The molecule has 0 saturated carbocycles. The molecule has 0 fully saturated rings. The van der Waals surface area contributed by atoms with Crippen molar-refractivity contribution in [2.24, 2.45) is 0 Å². The summed E-state index contributed by atoms with van der Waals surface area (Å²) in [5.74, 6) is 1.33. The molecule has 1 N–H and O–H groups in total. The third-order valence-electron chi connectivity index (χ3n) is 5.04. The lowest BCUT2D eigenvalue weighted by atomic mass is 10.1. The van der Waals surface area contributed by atoms with Crippen molar-refractivity contribution >= 4 is 34.8 Å². The molecule has 0 spiro atoms. The topological polar surface area (TPSA) is 82.5 Å². The van der Waals surface area contributed by atoms with Gasteiger partial charge >= 0.3 is 0 Å². The van der Waals surface area contributed by atoms with Gasteiger partial charge in [-0.15, -0.1) is 11.3 Å². The minimum Gasteiger partial charge on any atom is -0.454 e. The molecule has 0 unspecified atom stereocenters. The summed E-state index contributed by atoms with van der Waals surface area (Å²) < 4.78 is 12.5. The second-order valence-corrected chi connectivity index (χ2v) is 9.14. The van der Waals surface area contributed by atoms with E-state index in [1.807, 2.05) is 40.4 Å². The number of fused-ring (bicyclic) bond motifs is 1. The minimum atomic E-state index is -0.121. The van der Waals surface area contributed by atoms with Crippen molar-refractivity contribution in [3.8, 4) is 17.2 Å². The molecule has 1 aliphatic rings. The maximum absolute atomic E-state index is 12.7. The first-order valence-corrected chi connectivity index (χ1v) is 12.0. The summed E-state index contributed by atoms with van der Waals surface area (Å²) in [6.45, 7) is 0.687. The summed E-state index contributed by atoms with van der Waals surface area (Å²) in [7, 11) is 0. The largest absolute Gasteiger partial charge is 0.454 e. The van der Waals surface area contributed by atoms with Gasteiger partial charge in [-0.1, -0.05) is 17.8 Å². The molecule has 3 heterocycles. The Morgan fingerprint density at radius 3 is 2.70 bits per heavy atom. The van der Waals surface area contributed by atoms with Gasteiger partial charge in [0.1, 0.15) is 0 Å². The Kier molecular flexibility index (Phi) is 6.14. The van der Waals surface area contributed by atoms with Gasteiger partial charge in [0.05, 0.1) is 12.3 Å². The van der Waals surface area contributed by atoms with E-state index in [-0.39, 0.29) is 24.2 Å². The highest BCUT2D eigenvalue weighted by atomic mass is 32.2. The van der Waals surface area contributed by atoms with Crippen LogP contribution in [0.15, 0.2) is 77.5 Å². The van der Waals surface area contributed by atoms with Crippen molar-refractivity contribution in [3.63, 3.8) is 0 Å². The number of rotatable bonds is 8. The average Bonchev–Trinajstić information content (AvgIpc) is 3.62. The molecule has 1 aliphatic heterocycles. The molecule has 5 rings (SSSR count).